The van der Waals surface area contributed by atoms with Crippen LogP contribution in [0.2, 0.25) is 0 Å². The number of rotatable bonds is 6. The van der Waals surface area contributed by atoms with Gasteiger partial charge < -0.3 is 20.4 Å². The van der Waals surface area contributed by atoms with Gasteiger partial charge in [0.15, 0.2) is 0 Å². The fourth-order valence-corrected chi connectivity index (χ4v) is 3.37. The van der Waals surface area contributed by atoms with Crippen LogP contribution in [0.5, 0.6) is 0 Å². The molecule has 0 unspecified atom stereocenters. The SMILES string of the molecule is CCOC(=O)c1[nH]c(C)c(CCC(=O)N2CCC(C(N)=O)CC2)c1C. The van der Waals surface area contributed by atoms with Crippen LogP contribution in [0.4, 0.5) is 0 Å². The van der Waals surface area contributed by atoms with E-state index in [1.807, 2.05) is 13.8 Å². The predicted octanol–water partition coefficient (Wildman–Crippen LogP) is 1.46. The van der Waals surface area contributed by atoms with E-state index in [2.05, 4.69) is 4.98 Å². The van der Waals surface area contributed by atoms with Crippen molar-refractivity contribution in [3.63, 3.8) is 0 Å². The first-order chi connectivity index (χ1) is 11.8. The third-order valence-electron chi connectivity index (χ3n) is 4.91. The summed E-state index contributed by atoms with van der Waals surface area (Å²) in [7, 11) is 0. The summed E-state index contributed by atoms with van der Waals surface area (Å²) in [6.07, 6.45) is 2.22. The van der Waals surface area contributed by atoms with Gasteiger partial charge in [-0.15, -0.1) is 0 Å². The summed E-state index contributed by atoms with van der Waals surface area (Å²) in [4.78, 5) is 40.4. The molecule has 7 nitrogen and oxygen atoms in total. The number of nitrogens with zero attached hydrogens (tertiary/aromatic N) is 1. The van der Waals surface area contributed by atoms with Crippen molar-refractivity contribution in [2.45, 2.75) is 46.5 Å². The maximum Gasteiger partial charge on any atom is 0.355 e. The van der Waals surface area contributed by atoms with E-state index >= 15 is 0 Å². The first kappa shape index (κ1) is 19.0. The predicted molar refractivity (Wildman–Crippen MR) is 93.0 cm³/mol. The number of carbonyl (C=O) groups excluding carboxylic acids is 3. The first-order valence-corrected chi connectivity index (χ1v) is 8.77. The molecule has 1 fully saturated rings. The van der Waals surface area contributed by atoms with Gasteiger partial charge in [0.05, 0.1) is 6.61 Å². The zero-order valence-electron chi connectivity index (χ0n) is 15.2. The Balaban J connectivity index is 1.94. The highest BCUT2D eigenvalue weighted by Crippen LogP contribution is 2.22. The van der Waals surface area contributed by atoms with E-state index in [1.165, 1.54) is 0 Å². The minimum Gasteiger partial charge on any atom is -0.461 e. The average Bonchev–Trinajstić information content (AvgIpc) is 2.87. The van der Waals surface area contributed by atoms with Crippen molar-refractivity contribution in [1.29, 1.82) is 0 Å². The molecular formula is C18H27N3O4. The Morgan fingerprint density at radius 1 is 1.24 bits per heavy atom. The topological polar surface area (TPSA) is 105 Å². The third kappa shape index (κ3) is 4.41. The van der Waals surface area contributed by atoms with Gasteiger partial charge >= 0.3 is 5.97 Å². The van der Waals surface area contributed by atoms with Gasteiger partial charge in [-0.1, -0.05) is 0 Å². The maximum atomic E-state index is 12.4. The Hall–Kier alpha value is -2.31. The van der Waals surface area contributed by atoms with Crippen molar-refractivity contribution in [3.05, 3.63) is 22.5 Å². The van der Waals surface area contributed by atoms with Crippen molar-refractivity contribution < 1.29 is 19.1 Å². The van der Waals surface area contributed by atoms with Gasteiger partial charge in [0.1, 0.15) is 5.69 Å². The van der Waals surface area contributed by atoms with Crippen LogP contribution in [-0.2, 0) is 20.7 Å². The lowest BCUT2D eigenvalue weighted by Crippen LogP contribution is -2.41. The van der Waals surface area contributed by atoms with Crippen LogP contribution in [-0.4, -0.2) is 47.4 Å². The lowest BCUT2D eigenvalue weighted by molar-refractivity contribution is -0.134. The number of piperidine rings is 1. The molecule has 2 rings (SSSR count). The molecule has 1 aliphatic heterocycles. The van der Waals surface area contributed by atoms with Crippen LogP contribution in [0.3, 0.4) is 0 Å². The Labute approximate surface area is 147 Å². The summed E-state index contributed by atoms with van der Waals surface area (Å²) in [5, 5.41) is 0. The number of ether oxygens (including phenoxy) is 1. The van der Waals surface area contributed by atoms with Crippen molar-refractivity contribution in [3.8, 4) is 0 Å². The molecule has 1 saturated heterocycles. The van der Waals surface area contributed by atoms with Gasteiger partial charge in [-0.3, -0.25) is 9.59 Å². The first-order valence-electron chi connectivity index (χ1n) is 8.77. The van der Waals surface area contributed by atoms with Gasteiger partial charge in [0.25, 0.3) is 0 Å². The highest BCUT2D eigenvalue weighted by Gasteiger charge is 2.26. The molecule has 138 valence electrons. The summed E-state index contributed by atoms with van der Waals surface area (Å²) in [6.45, 7) is 7.01. The van der Waals surface area contributed by atoms with Gasteiger partial charge in [0, 0.05) is 31.1 Å². The minimum absolute atomic E-state index is 0.0700. The summed E-state index contributed by atoms with van der Waals surface area (Å²) < 4.78 is 5.04. The summed E-state index contributed by atoms with van der Waals surface area (Å²) >= 11 is 0. The van der Waals surface area contributed by atoms with E-state index in [0.717, 1.165) is 16.8 Å². The number of esters is 1. The monoisotopic (exact) mass is 349 g/mol. The molecule has 2 amide bonds. The van der Waals surface area contributed by atoms with Crippen LogP contribution in [0, 0.1) is 19.8 Å². The number of aryl methyl sites for hydroxylation is 1. The highest BCUT2D eigenvalue weighted by atomic mass is 16.5. The van der Waals surface area contributed by atoms with Gasteiger partial charge in [-0.25, -0.2) is 4.79 Å². The summed E-state index contributed by atoms with van der Waals surface area (Å²) in [5.41, 5.74) is 8.51. The summed E-state index contributed by atoms with van der Waals surface area (Å²) in [5.74, 6) is -0.697. The average molecular weight is 349 g/mol. The largest absolute Gasteiger partial charge is 0.461 e. The van der Waals surface area contributed by atoms with E-state index in [-0.39, 0.29) is 23.7 Å². The number of hydrogen-bond acceptors (Lipinski definition) is 4. The summed E-state index contributed by atoms with van der Waals surface area (Å²) in [6, 6.07) is 0. The Bertz CT molecular complexity index is 658. The fraction of sp³-hybridized carbons (Fsp3) is 0.611. The van der Waals surface area contributed by atoms with E-state index in [0.29, 0.717) is 51.1 Å². The van der Waals surface area contributed by atoms with Crippen molar-refractivity contribution >= 4 is 17.8 Å². The molecule has 0 atom stereocenters. The number of nitrogens with one attached hydrogen (secondary N) is 1. The second-order valence-corrected chi connectivity index (χ2v) is 6.51. The Morgan fingerprint density at radius 3 is 2.44 bits per heavy atom. The molecule has 2 heterocycles. The molecule has 25 heavy (non-hydrogen) atoms. The van der Waals surface area contributed by atoms with Crippen LogP contribution < -0.4 is 5.73 Å². The number of likely N-dealkylation sites (tertiary alicyclic amines) is 1. The third-order valence-corrected chi connectivity index (χ3v) is 4.91. The van der Waals surface area contributed by atoms with E-state index in [9.17, 15) is 14.4 Å². The van der Waals surface area contributed by atoms with Crippen molar-refractivity contribution in [1.82, 2.24) is 9.88 Å². The fourth-order valence-electron chi connectivity index (χ4n) is 3.37. The van der Waals surface area contributed by atoms with Gasteiger partial charge in [-0.05, 0) is 51.2 Å². The second kappa shape index (κ2) is 8.18. The van der Waals surface area contributed by atoms with E-state index in [4.69, 9.17) is 10.5 Å². The number of primary amides is 1. The number of nitrogens with two attached hydrogens (primary N) is 1. The molecule has 1 aliphatic rings. The molecule has 1 aromatic heterocycles. The lowest BCUT2D eigenvalue weighted by Gasteiger charge is -2.30. The van der Waals surface area contributed by atoms with Crippen molar-refractivity contribution in [2.24, 2.45) is 11.7 Å². The molecule has 0 saturated carbocycles. The van der Waals surface area contributed by atoms with Crippen molar-refractivity contribution in [2.75, 3.05) is 19.7 Å². The molecule has 3 N–H and O–H groups in total. The van der Waals surface area contributed by atoms with Gasteiger partial charge in [-0.2, -0.15) is 0 Å². The number of amides is 2. The van der Waals surface area contributed by atoms with Crippen LogP contribution in [0.15, 0.2) is 0 Å². The quantitative estimate of drug-likeness (QED) is 0.759. The maximum absolute atomic E-state index is 12.4. The normalized spacial score (nSPS) is 15.2. The number of carbonyl (C=O) groups is 3. The standard InChI is InChI=1S/C18H27N3O4/c1-4-25-18(24)16-11(2)14(12(3)20-16)5-6-15(22)21-9-7-13(8-10-21)17(19)23/h13,20H,4-10H2,1-3H3,(H2,19,23). The molecule has 0 aliphatic carbocycles. The number of aromatic amines is 1. The van der Waals surface area contributed by atoms with E-state index < -0.39 is 0 Å². The van der Waals surface area contributed by atoms with Crippen LogP contribution in [0.1, 0.15) is 53.5 Å². The molecular weight excluding hydrogens is 322 g/mol. The van der Waals surface area contributed by atoms with Gasteiger partial charge in [0.2, 0.25) is 11.8 Å². The van der Waals surface area contributed by atoms with Crippen LogP contribution in [0.25, 0.3) is 0 Å². The molecule has 0 spiro atoms. The molecule has 7 heteroatoms. The zero-order chi connectivity index (χ0) is 18.6. The lowest BCUT2D eigenvalue weighted by atomic mass is 9.96. The number of H-pyrrole nitrogens is 1. The Kier molecular flexibility index (Phi) is 6.22. The molecule has 0 aromatic carbocycles. The molecule has 0 bridgehead atoms. The molecule has 0 radical (unpaired) electrons. The Morgan fingerprint density at radius 2 is 1.88 bits per heavy atom. The number of aromatic nitrogens is 1. The second-order valence-electron chi connectivity index (χ2n) is 6.51. The van der Waals surface area contributed by atoms with Crippen LogP contribution >= 0.6 is 0 Å². The minimum atomic E-state index is -0.366. The smallest absolute Gasteiger partial charge is 0.355 e. The zero-order valence-corrected chi connectivity index (χ0v) is 15.2. The number of hydrogen-bond donors (Lipinski definition) is 2. The molecule has 1 aromatic rings. The highest BCUT2D eigenvalue weighted by molar-refractivity contribution is 5.90. The van der Waals surface area contributed by atoms with E-state index in [1.54, 1.807) is 11.8 Å².